The van der Waals surface area contributed by atoms with E-state index in [4.69, 9.17) is 5.11 Å². The van der Waals surface area contributed by atoms with Crippen LogP contribution in [0, 0.1) is 25.6 Å². The van der Waals surface area contributed by atoms with E-state index < -0.39 is 0 Å². The first-order chi connectivity index (χ1) is 10.4. The molecule has 0 spiro atoms. The second-order valence-electron chi connectivity index (χ2n) is 6.25. The van der Waals surface area contributed by atoms with Crippen LogP contribution in [0.25, 0.3) is 0 Å². The van der Waals surface area contributed by atoms with E-state index in [1.54, 1.807) is 30.9 Å². The zero-order valence-corrected chi connectivity index (χ0v) is 13.5. The first-order valence-electron chi connectivity index (χ1n) is 7.85. The average Bonchev–Trinajstić information content (AvgIpc) is 2.52. The molecule has 122 valence electrons. The standard InChI is InChI=1S/C17H25FN2O2/c1-11-8-15(9-12(2)16(11)18)13(3)19-17(22)20-6-4-14(10-21)5-7-20/h8-9,13-14,21H,4-7,10H2,1-3H3,(H,19,22). The highest BCUT2D eigenvalue weighted by Crippen LogP contribution is 2.21. The molecule has 2 rings (SSSR count). The molecule has 0 bridgehead atoms. The predicted octanol–water partition coefficient (Wildman–Crippen LogP) is 2.92. The van der Waals surface area contributed by atoms with Gasteiger partial charge in [0.15, 0.2) is 0 Å². The van der Waals surface area contributed by atoms with Gasteiger partial charge in [-0.05, 0) is 56.2 Å². The Morgan fingerprint density at radius 2 is 1.91 bits per heavy atom. The summed E-state index contributed by atoms with van der Waals surface area (Å²) in [6.07, 6.45) is 1.68. The number of aliphatic hydroxyl groups is 1. The molecule has 1 unspecified atom stereocenters. The van der Waals surface area contributed by atoms with Crippen molar-refractivity contribution in [2.24, 2.45) is 5.92 Å². The molecule has 1 fully saturated rings. The molecule has 22 heavy (non-hydrogen) atoms. The predicted molar refractivity (Wildman–Crippen MR) is 84.2 cm³/mol. The van der Waals surface area contributed by atoms with E-state index in [9.17, 15) is 9.18 Å². The fraction of sp³-hybridized carbons (Fsp3) is 0.588. The number of halogens is 1. The highest BCUT2D eigenvalue weighted by Gasteiger charge is 2.23. The maximum absolute atomic E-state index is 13.7. The molecule has 0 radical (unpaired) electrons. The molecule has 2 N–H and O–H groups in total. The Kier molecular flexibility index (Phi) is 5.40. The third-order valence-corrected chi connectivity index (χ3v) is 4.46. The van der Waals surface area contributed by atoms with Crippen LogP contribution in [0.15, 0.2) is 12.1 Å². The molecule has 0 aliphatic carbocycles. The first kappa shape index (κ1) is 16.7. The summed E-state index contributed by atoms with van der Waals surface area (Å²) >= 11 is 0. The number of carbonyl (C=O) groups is 1. The van der Waals surface area contributed by atoms with Crippen molar-refractivity contribution in [2.75, 3.05) is 19.7 Å². The minimum atomic E-state index is -0.187. The average molecular weight is 308 g/mol. The van der Waals surface area contributed by atoms with Gasteiger partial charge in [-0.3, -0.25) is 0 Å². The van der Waals surface area contributed by atoms with E-state index in [0.717, 1.165) is 18.4 Å². The summed E-state index contributed by atoms with van der Waals surface area (Å²) < 4.78 is 13.7. The van der Waals surface area contributed by atoms with Crippen molar-refractivity contribution in [2.45, 2.75) is 39.7 Å². The lowest BCUT2D eigenvalue weighted by atomic mass is 9.98. The fourth-order valence-corrected chi connectivity index (χ4v) is 2.91. The Bertz CT molecular complexity index is 516. The number of rotatable bonds is 3. The number of piperidine rings is 1. The van der Waals surface area contributed by atoms with Gasteiger partial charge in [-0.1, -0.05) is 12.1 Å². The second kappa shape index (κ2) is 7.09. The lowest BCUT2D eigenvalue weighted by Gasteiger charge is -2.32. The van der Waals surface area contributed by atoms with Crippen LogP contribution < -0.4 is 5.32 Å². The Morgan fingerprint density at radius 1 is 1.36 bits per heavy atom. The summed E-state index contributed by atoms with van der Waals surface area (Å²) in [5.74, 6) is 0.122. The van der Waals surface area contributed by atoms with Crippen LogP contribution >= 0.6 is 0 Å². The number of carbonyl (C=O) groups excluding carboxylic acids is 1. The lowest BCUT2D eigenvalue weighted by Crippen LogP contribution is -2.45. The molecule has 1 aliphatic rings. The SMILES string of the molecule is Cc1cc(C(C)NC(=O)N2CCC(CO)CC2)cc(C)c1F. The van der Waals surface area contributed by atoms with E-state index >= 15 is 0 Å². The third-order valence-electron chi connectivity index (χ3n) is 4.46. The molecule has 1 aliphatic heterocycles. The van der Waals surface area contributed by atoms with Crippen molar-refractivity contribution >= 4 is 6.03 Å². The summed E-state index contributed by atoms with van der Waals surface area (Å²) in [6, 6.07) is 3.31. The summed E-state index contributed by atoms with van der Waals surface area (Å²) in [5.41, 5.74) is 2.11. The summed E-state index contributed by atoms with van der Waals surface area (Å²) in [4.78, 5) is 14.1. The van der Waals surface area contributed by atoms with Gasteiger partial charge in [0.1, 0.15) is 5.82 Å². The largest absolute Gasteiger partial charge is 0.396 e. The summed E-state index contributed by atoms with van der Waals surface area (Å²) in [7, 11) is 0. The minimum absolute atomic E-state index is 0.0940. The van der Waals surface area contributed by atoms with Crippen molar-refractivity contribution in [1.82, 2.24) is 10.2 Å². The number of nitrogens with one attached hydrogen (secondary N) is 1. The number of nitrogens with zero attached hydrogens (tertiary/aromatic N) is 1. The first-order valence-corrected chi connectivity index (χ1v) is 7.85. The lowest BCUT2D eigenvalue weighted by molar-refractivity contribution is 0.136. The van der Waals surface area contributed by atoms with E-state index in [1.807, 2.05) is 6.92 Å². The number of aliphatic hydroxyl groups excluding tert-OH is 1. The monoisotopic (exact) mass is 308 g/mol. The van der Waals surface area contributed by atoms with Crippen LogP contribution in [0.5, 0.6) is 0 Å². The number of aryl methyl sites for hydroxylation is 2. The molecule has 1 saturated heterocycles. The Labute approximate surface area is 131 Å². The smallest absolute Gasteiger partial charge is 0.317 e. The molecule has 1 heterocycles. The topological polar surface area (TPSA) is 52.6 Å². The molecule has 4 nitrogen and oxygen atoms in total. The zero-order chi connectivity index (χ0) is 16.3. The molecule has 2 amide bonds. The zero-order valence-electron chi connectivity index (χ0n) is 13.5. The second-order valence-corrected chi connectivity index (χ2v) is 6.25. The van der Waals surface area contributed by atoms with Gasteiger partial charge in [-0.2, -0.15) is 0 Å². The van der Waals surface area contributed by atoms with Crippen LogP contribution in [0.1, 0.15) is 42.5 Å². The van der Waals surface area contributed by atoms with Crippen LogP contribution in [-0.4, -0.2) is 35.7 Å². The highest BCUT2D eigenvalue weighted by atomic mass is 19.1. The van der Waals surface area contributed by atoms with Crippen LogP contribution in [0.3, 0.4) is 0 Å². The van der Waals surface area contributed by atoms with Gasteiger partial charge in [0.05, 0.1) is 6.04 Å². The van der Waals surface area contributed by atoms with Gasteiger partial charge < -0.3 is 15.3 Å². The molecule has 0 aromatic heterocycles. The number of amides is 2. The normalized spacial score (nSPS) is 17.4. The van der Waals surface area contributed by atoms with Crippen LogP contribution in [0.4, 0.5) is 9.18 Å². The van der Waals surface area contributed by atoms with Gasteiger partial charge >= 0.3 is 6.03 Å². The van der Waals surface area contributed by atoms with Gasteiger partial charge in [-0.15, -0.1) is 0 Å². The number of hydrogen-bond donors (Lipinski definition) is 2. The summed E-state index contributed by atoms with van der Waals surface area (Å²) in [5, 5.41) is 12.1. The maximum atomic E-state index is 13.7. The molecular formula is C17H25FN2O2. The Balaban J connectivity index is 1.97. The number of likely N-dealkylation sites (tertiary alicyclic amines) is 1. The van der Waals surface area contributed by atoms with E-state index in [2.05, 4.69) is 5.32 Å². The van der Waals surface area contributed by atoms with Crippen molar-refractivity contribution < 1.29 is 14.3 Å². The van der Waals surface area contributed by atoms with Gasteiger partial charge in [0.2, 0.25) is 0 Å². The van der Waals surface area contributed by atoms with Gasteiger partial charge in [0, 0.05) is 19.7 Å². The molecule has 1 aromatic carbocycles. The Hall–Kier alpha value is -1.62. The van der Waals surface area contributed by atoms with Crippen molar-refractivity contribution in [3.8, 4) is 0 Å². The van der Waals surface area contributed by atoms with E-state index in [1.165, 1.54) is 0 Å². The van der Waals surface area contributed by atoms with E-state index in [0.29, 0.717) is 30.1 Å². The number of hydrogen-bond acceptors (Lipinski definition) is 2. The number of urea groups is 1. The van der Waals surface area contributed by atoms with E-state index in [-0.39, 0.29) is 24.5 Å². The Morgan fingerprint density at radius 3 is 2.41 bits per heavy atom. The maximum Gasteiger partial charge on any atom is 0.317 e. The van der Waals surface area contributed by atoms with Crippen molar-refractivity contribution in [3.63, 3.8) is 0 Å². The molecule has 1 atom stereocenters. The van der Waals surface area contributed by atoms with Crippen LogP contribution in [0.2, 0.25) is 0 Å². The van der Waals surface area contributed by atoms with Gasteiger partial charge in [-0.25, -0.2) is 9.18 Å². The summed E-state index contributed by atoms with van der Waals surface area (Å²) in [6.45, 7) is 6.92. The number of benzene rings is 1. The molecule has 1 aromatic rings. The fourth-order valence-electron chi connectivity index (χ4n) is 2.91. The molecule has 5 heteroatoms. The highest BCUT2D eigenvalue weighted by molar-refractivity contribution is 5.74. The van der Waals surface area contributed by atoms with Crippen molar-refractivity contribution in [3.05, 3.63) is 34.6 Å². The third kappa shape index (κ3) is 3.77. The van der Waals surface area contributed by atoms with Crippen LogP contribution in [-0.2, 0) is 0 Å². The van der Waals surface area contributed by atoms with Gasteiger partial charge in [0.25, 0.3) is 0 Å². The van der Waals surface area contributed by atoms with Crippen molar-refractivity contribution in [1.29, 1.82) is 0 Å². The molecular weight excluding hydrogens is 283 g/mol. The minimum Gasteiger partial charge on any atom is -0.396 e. The quantitative estimate of drug-likeness (QED) is 0.902. The molecule has 0 saturated carbocycles.